The van der Waals surface area contributed by atoms with Crippen molar-refractivity contribution in [3.8, 4) is 16.9 Å². The number of benzene rings is 2. The fraction of sp³-hybridized carbons (Fsp3) is 0.118. The van der Waals surface area contributed by atoms with Gasteiger partial charge in [0.2, 0.25) is 5.76 Å². The minimum absolute atomic E-state index is 0.230. The van der Waals surface area contributed by atoms with Gasteiger partial charge in [0.15, 0.2) is 0 Å². The molecule has 1 heterocycles. The summed E-state index contributed by atoms with van der Waals surface area (Å²) in [7, 11) is 2.98. The molecule has 0 N–H and O–H groups in total. The van der Waals surface area contributed by atoms with E-state index in [-0.39, 0.29) is 5.76 Å². The minimum atomic E-state index is -0.470. The van der Waals surface area contributed by atoms with E-state index in [1.807, 2.05) is 42.5 Å². The van der Waals surface area contributed by atoms with E-state index >= 15 is 0 Å². The van der Waals surface area contributed by atoms with E-state index in [0.29, 0.717) is 0 Å². The second kappa shape index (κ2) is 5.32. The van der Waals surface area contributed by atoms with E-state index < -0.39 is 5.97 Å². The van der Waals surface area contributed by atoms with Gasteiger partial charge >= 0.3 is 5.97 Å². The number of esters is 1. The number of fused-ring (bicyclic) bond motifs is 1. The summed E-state index contributed by atoms with van der Waals surface area (Å²) >= 11 is 0. The topological polar surface area (TPSA) is 48.7 Å². The molecule has 0 saturated carbocycles. The highest BCUT2D eigenvalue weighted by Crippen LogP contribution is 2.29. The Labute approximate surface area is 121 Å². The third-order valence-electron chi connectivity index (χ3n) is 3.39. The zero-order valence-corrected chi connectivity index (χ0v) is 11.8. The van der Waals surface area contributed by atoms with E-state index in [9.17, 15) is 4.79 Å². The number of methoxy groups -OCH3 is 2. The molecular weight excluding hydrogens is 268 g/mol. The lowest BCUT2D eigenvalue weighted by Crippen LogP contribution is -1.99. The highest BCUT2D eigenvalue weighted by molar-refractivity contribution is 6.03. The second-order valence-corrected chi connectivity index (χ2v) is 4.59. The Kier molecular flexibility index (Phi) is 3.36. The van der Waals surface area contributed by atoms with Crippen LogP contribution in [0.25, 0.3) is 21.9 Å². The predicted molar refractivity (Wildman–Crippen MR) is 79.5 cm³/mol. The van der Waals surface area contributed by atoms with Crippen LogP contribution < -0.4 is 4.74 Å². The van der Waals surface area contributed by atoms with E-state index in [1.165, 1.54) is 7.11 Å². The molecule has 4 nitrogen and oxygen atoms in total. The quantitative estimate of drug-likeness (QED) is 0.684. The molecule has 0 spiro atoms. The van der Waals surface area contributed by atoms with E-state index in [4.69, 9.17) is 13.9 Å². The van der Waals surface area contributed by atoms with Crippen molar-refractivity contribution in [2.45, 2.75) is 0 Å². The van der Waals surface area contributed by atoms with Gasteiger partial charge in [-0.3, -0.25) is 0 Å². The minimum Gasteiger partial charge on any atom is -0.497 e. The maximum Gasteiger partial charge on any atom is 0.374 e. The van der Waals surface area contributed by atoms with Crippen LogP contribution in [-0.4, -0.2) is 20.2 Å². The maximum absolute atomic E-state index is 11.6. The Balaban J connectivity index is 2.03. The Morgan fingerprint density at radius 1 is 1.00 bits per heavy atom. The molecule has 0 aliphatic rings. The molecule has 0 amide bonds. The lowest BCUT2D eigenvalue weighted by atomic mass is 10.0. The van der Waals surface area contributed by atoms with Crippen molar-refractivity contribution in [2.24, 2.45) is 0 Å². The Hall–Kier alpha value is -2.75. The van der Waals surface area contributed by atoms with Crippen LogP contribution in [0.1, 0.15) is 10.6 Å². The van der Waals surface area contributed by atoms with Gasteiger partial charge in [0.05, 0.1) is 20.5 Å². The molecule has 0 bridgehead atoms. The van der Waals surface area contributed by atoms with E-state index in [0.717, 1.165) is 27.6 Å². The smallest absolute Gasteiger partial charge is 0.374 e. The average molecular weight is 282 g/mol. The number of hydrogen-bond acceptors (Lipinski definition) is 4. The average Bonchev–Trinajstić information content (AvgIpc) is 2.97. The summed E-state index contributed by atoms with van der Waals surface area (Å²) in [5.41, 5.74) is 2.11. The van der Waals surface area contributed by atoms with Crippen LogP contribution in [-0.2, 0) is 4.74 Å². The highest BCUT2D eigenvalue weighted by Gasteiger charge is 2.15. The van der Waals surface area contributed by atoms with E-state index in [2.05, 4.69) is 0 Å². The number of furan rings is 1. The molecule has 3 rings (SSSR count). The van der Waals surface area contributed by atoms with Gasteiger partial charge in [-0.2, -0.15) is 0 Å². The van der Waals surface area contributed by atoms with Gasteiger partial charge in [0.25, 0.3) is 0 Å². The Morgan fingerprint density at radius 2 is 1.71 bits per heavy atom. The van der Waals surface area contributed by atoms with E-state index in [1.54, 1.807) is 13.4 Å². The number of carbonyl (C=O) groups excluding carboxylic acids is 1. The summed E-state index contributed by atoms with van der Waals surface area (Å²) in [5.74, 6) is 0.576. The van der Waals surface area contributed by atoms with Crippen molar-refractivity contribution in [3.63, 3.8) is 0 Å². The number of hydrogen-bond donors (Lipinski definition) is 0. The van der Waals surface area contributed by atoms with Gasteiger partial charge in [0, 0.05) is 10.8 Å². The van der Waals surface area contributed by atoms with Crippen LogP contribution >= 0.6 is 0 Å². The summed E-state index contributed by atoms with van der Waals surface area (Å²) in [6.07, 6.45) is 1.56. The van der Waals surface area contributed by atoms with Crippen LogP contribution in [0.5, 0.6) is 5.75 Å². The first-order valence-electron chi connectivity index (χ1n) is 6.47. The van der Waals surface area contributed by atoms with Crippen LogP contribution in [0.15, 0.2) is 53.1 Å². The monoisotopic (exact) mass is 282 g/mol. The molecule has 0 saturated heterocycles. The van der Waals surface area contributed by atoms with Crippen LogP contribution in [0.2, 0.25) is 0 Å². The van der Waals surface area contributed by atoms with Crippen molar-refractivity contribution in [1.82, 2.24) is 0 Å². The summed E-state index contributed by atoms with van der Waals surface area (Å²) in [6.45, 7) is 0. The molecule has 0 unspecified atom stereocenters. The van der Waals surface area contributed by atoms with Crippen LogP contribution in [0.4, 0.5) is 0 Å². The van der Waals surface area contributed by atoms with Crippen LogP contribution in [0.3, 0.4) is 0 Å². The SMILES string of the molecule is COC(=O)c1occ2cc(-c3ccc(OC)cc3)ccc12. The number of rotatable bonds is 3. The maximum atomic E-state index is 11.6. The second-order valence-electron chi connectivity index (χ2n) is 4.59. The third kappa shape index (κ3) is 2.36. The fourth-order valence-electron chi connectivity index (χ4n) is 2.27. The summed E-state index contributed by atoms with van der Waals surface area (Å²) in [6, 6.07) is 13.6. The molecule has 3 aromatic rings. The van der Waals surface area contributed by atoms with Gasteiger partial charge < -0.3 is 13.9 Å². The summed E-state index contributed by atoms with van der Waals surface area (Å²) in [5, 5.41) is 1.61. The van der Waals surface area contributed by atoms with Gasteiger partial charge in [-0.25, -0.2) is 4.79 Å². The number of carbonyl (C=O) groups is 1. The van der Waals surface area contributed by atoms with Crippen LogP contribution in [0, 0.1) is 0 Å². The molecule has 0 aliphatic carbocycles. The fourth-order valence-corrected chi connectivity index (χ4v) is 2.27. The lowest BCUT2D eigenvalue weighted by molar-refractivity contribution is 0.0568. The molecule has 106 valence electrons. The summed E-state index contributed by atoms with van der Waals surface area (Å²) < 4.78 is 15.1. The van der Waals surface area contributed by atoms with Gasteiger partial charge in [-0.1, -0.05) is 18.2 Å². The predicted octanol–water partition coefficient (Wildman–Crippen LogP) is 3.90. The molecule has 0 atom stereocenters. The molecule has 4 heteroatoms. The Bertz CT molecular complexity index is 784. The zero-order chi connectivity index (χ0) is 14.8. The highest BCUT2D eigenvalue weighted by atomic mass is 16.5. The lowest BCUT2D eigenvalue weighted by Gasteiger charge is -2.04. The van der Waals surface area contributed by atoms with Gasteiger partial charge in [-0.05, 0) is 35.4 Å². The molecule has 0 fully saturated rings. The molecular formula is C17H14O4. The largest absolute Gasteiger partial charge is 0.497 e. The molecule has 1 aromatic heterocycles. The van der Waals surface area contributed by atoms with Crippen molar-refractivity contribution in [2.75, 3.05) is 14.2 Å². The zero-order valence-electron chi connectivity index (χ0n) is 11.8. The molecule has 0 radical (unpaired) electrons. The standard InChI is InChI=1S/C17H14O4/c1-19-14-6-3-11(4-7-14)12-5-8-15-13(9-12)10-21-16(15)17(18)20-2/h3-10H,1-2H3. The number of ether oxygens (including phenoxy) is 2. The third-order valence-corrected chi connectivity index (χ3v) is 3.39. The molecule has 2 aromatic carbocycles. The molecule has 21 heavy (non-hydrogen) atoms. The van der Waals surface area contributed by atoms with Gasteiger partial charge in [0.1, 0.15) is 5.75 Å². The summed E-state index contributed by atoms with van der Waals surface area (Å²) in [4.78, 5) is 11.6. The van der Waals surface area contributed by atoms with Gasteiger partial charge in [-0.15, -0.1) is 0 Å². The van der Waals surface area contributed by atoms with Crippen molar-refractivity contribution >= 4 is 16.7 Å². The molecule has 0 aliphatic heterocycles. The normalized spacial score (nSPS) is 10.6. The van der Waals surface area contributed by atoms with Crippen molar-refractivity contribution in [1.29, 1.82) is 0 Å². The van der Waals surface area contributed by atoms with Crippen molar-refractivity contribution < 1.29 is 18.7 Å². The first-order valence-corrected chi connectivity index (χ1v) is 6.47. The Morgan fingerprint density at radius 3 is 2.38 bits per heavy atom. The first-order chi connectivity index (χ1) is 10.2. The van der Waals surface area contributed by atoms with Crippen molar-refractivity contribution in [3.05, 3.63) is 54.5 Å². The first kappa shape index (κ1) is 13.2.